The van der Waals surface area contributed by atoms with Gasteiger partial charge in [0.25, 0.3) is 0 Å². The Bertz CT molecular complexity index is 219. The second kappa shape index (κ2) is 1.36. The van der Waals surface area contributed by atoms with Crippen molar-refractivity contribution in [1.29, 1.82) is 0 Å². The summed E-state index contributed by atoms with van der Waals surface area (Å²) in [5.41, 5.74) is 1.29. The van der Waals surface area contributed by atoms with Gasteiger partial charge in [-0.2, -0.15) is 0 Å². The highest BCUT2D eigenvalue weighted by Crippen LogP contribution is 2.85. The Kier molecular flexibility index (Phi) is 0.837. The molecule has 1 nitrogen and oxygen atoms in total. The van der Waals surface area contributed by atoms with Crippen LogP contribution >= 0.6 is 0 Å². The molecule has 0 amide bonds. The maximum absolute atomic E-state index is 10.3. The van der Waals surface area contributed by atoms with Crippen molar-refractivity contribution in [2.75, 3.05) is 0 Å². The summed E-state index contributed by atoms with van der Waals surface area (Å²) in [7, 11) is 0. The third-order valence-electron chi connectivity index (χ3n) is 3.60. The van der Waals surface area contributed by atoms with Crippen LogP contribution in [0.25, 0.3) is 0 Å². The van der Waals surface area contributed by atoms with Gasteiger partial charge in [-0.3, -0.25) is 4.79 Å². The van der Waals surface area contributed by atoms with Crippen LogP contribution in [0.4, 0.5) is 0 Å². The van der Waals surface area contributed by atoms with Gasteiger partial charge in [-0.1, -0.05) is 20.4 Å². The Morgan fingerprint density at radius 2 is 2.20 bits per heavy atom. The molecule has 0 radical (unpaired) electrons. The van der Waals surface area contributed by atoms with Crippen molar-refractivity contribution in [3.63, 3.8) is 0 Å². The number of fused-ring (bicyclic) bond motifs is 1. The minimum Gasteiger partial charge on any atom is -0.298 e. The molecule has 2 fully saturated rings. The third kappa shape index (κ3) is 0.405. The van der Waals surface area contributed by atoms with Crippen LogP contribution < -0.4 is 0 Å². The van der Waals surface area contributed by atoms with E-state index in [1.54, 1.807) is 0 Å². The lowest BCUT2D eigenvalue weighted by atomic mass is 9.94. The molecule has 4 atom stereocenters. The van der Waals surface area contributed by atoms with E-state index in [0.717, 1.165) is 23.7 Å². The molecule has 0 aromatic rings. The SMILES string of the molecule is C=C(C=O)C1C2C(C)C12C. The second-order valence-electron chi connectivity index (χ2n) is 3.85. The predicted octanol–water partition coefficient (Wildman–Crippen LogP) is 1.64. The van der Waals surface area contributed by atoms with Gasteiger partial charge >= 0.3 is 0 Å². The monoisotopic (exact) mass is 136 g/mol. The molecule has 2 aliphatic carbocycles. The number of carbonyl (C=O) groups is 1. The summed E-state index contributed by atoms with van der Waals surface area (Å²) in [5, 5.41) is 0. The van der Waals surface area contributed by atoms with Crippen LogP contribution in [0.15, 0.2) is 12.2 Å². The van der Waals surface area contributed by atoms with Crippen molar-refractivity contribution < 1.29 is 4.79 Å². The molecule has 54 valence electrons. The van der Waals surface area contributed by atoms with Gasteiger partial charge in [-0.05, 0) is 28.7 Å². The Hall–Kier alpha value is -0.590. The lowest BCUT2D eigenvalue weighted by Crippen LogP contribution is -2.06. The van der Waals surface area contributed by atoms with E-state index in [0.29, 0.717) is 11.3 Å². The largest absolute Gasteiger partial charge is 0.298 e. The fourth-order valence-corrected chi connectivity index (χ4v) is 2.52. The maximum Gasteiger partial charge on any atom is 0.145 e. The highest BCUT2D eigenvalue weighted by molar-refractivity contribution is 5.76. The Morgan fingerprint density at radius 3 is 2.50 bits per heavy atom. The first-order chi connectivity index (χ1) is 4.64. The molecule has 4 unspecified atom stereocenters. The number of rotatable bonds is 2. The molecule has 10 heavy (non-hydrogen) atoms. The van der Waals surface area contributed by atoms with Crippen molar-refractivity contribution in [2.45, 2.75) is 13.8 Å². The minimum absolute atomic E-state index is 0.484. The standard InChI is InChI=1S/C9H12O/c1-5(4-10)7-8-6(2)9(7,8)3/h4,6-8H,1H2,2-3H3. The van der Waals surface area contributed by atoms with Gasteiger partial charge in [0, 0.05) is 0 Å². The van der Waals surface area contributed by atoms with E-state index in [4.69, 9.17) is 0 Å². The van der Waals surface area contributed by atoms with E-state index in [-0.39, 0.29) is 0 Å². The second-order valence-corrected chi connectivity index (χ2v) is 3.85. The summed E-state index contributed by atoms with van der Waals surface area (Å²) in [6.07, 6.45) is 0.912. The van der Waals surface area contributed by atoms with Crippen LogP contribution in [0.5, 0.6) is 0 Å². The first-order valence-corrected chi connectivity index (χ1v) is 3.78. The molecule has 2 saturated carbocycles. The number of carbonyl (C=O) groups excluding carboxylic acids is 1. The zero-order valence-corrected chi connectivity index (χ0v) is 6.42. The van der Waals surface area contributed by atoms with Crippen LogP contribution in [0, 0.1) is 23.2 Å². The molecule has 2 aliphatic rings. The summed E-state index contributed by atoms with van der Waals surface area (Å²) < 4.78 is 0. The van der Waals surface area contributed by atoms with Crippen LogP contribution in [0.1, 0.15) is 13.8 Å². The van der Waals surface area contributed by atoms with Gasteiger partial charge in [-0.15, -0.1) is 0 Å². The van der Waals surface area contributed by atoms with E-state index < -0.39 is 0 Å². The lowest BCUT2D eigenvalue weighted by molar-refractivity contribution is -0.105. The van der Waals surface area contributed by atoms with E-state index in [2.05, 4.69) is 20.4 Å². The molecule has 1 heteroatoms. The lowest BCUT2D eigenvalue weighted by Gasteiger charge is -2.10. The topological polar surface area (TPSA) is 17.1 Å². The summed E-state index contributed by atoms with van der Waals surface area (Å²) >= 11 is 0. The summed E-state index contributed by atoms with van der Waals surface area (Å²) in [5.74, 6) is 2.18. The first-order valence-electron chi connectivity index (χ1n) is 3.78. The van der Waals surface area contributed by atoms with Crippen molar-refractivity contribution in [2.24, 2.45) is 23.2 Å². The predicted molar refractivity (Wildman–Crippen MR) is 39.5 cm³/mol. The smallest absolute Gasteiger partial charge is 0.145 e. The van der Waals surface area contributed by atoms with Gasteiger partial charge in [0.05, 0.1) is 0 Å². The highest BCUT2D eigenvalue weighted by Gasteiger charge is 2.81. The summed E-state index contributed by atoms with van der Waals surface area (Å²) in [4.78, 5) is 10.3. The van der Waals surface area contributed by atoms with Gasteiger partial charge in [-0.25, -0.2) is 0 Å². The number of allylic oxidation sites excluding steroid dienone is 1. The van der Waals surface area contributed by atoms with E-state index in [1.807, 2.05) is 0 Å². The fraction of sp³-hybridized carbons (Fsp3) is 0.667. The molecule has 2 rings (SSSR count). The van der Waals surface area contributed by atoms with Gasteiger partial charge in [0.2, 0.25) is 0 Å². The number of aldehydes is 1. The normalized spacial score (nSPS) is 55.2. The quantitative estimate of drug-likeness (QED) is 0.416. The van der Waals surface area contributed by atoms with Gasteiger partial charge < -0.3 is 0 Å². The Balaban J connectivity index is 2.06. The molecular weight excluding hydrogens is 124 g/mol. The Labute approximate surface area is 61.1 Å². The third-order valence-corrected chi connectivity index (χ3v) is 3.60. The van der Waals surface area contributed by atoms with Crippen molar-refractivity contribution in [3.8, 4) is 0 Å². The van der Waals surface area contributed by atoms with Crippen molar-refractivity contribution >= 4 is 6.29 Å². The molecule has 0 aromatic heterocycles. The van der Waals surface area contributed by atoms with E-state index >= 15 is 0 Å². The number of hydrogen-bond donors (Lipinski definition) is 0. The summed E-state index contributed by atoms with van der Waals surface area (Å²) in [6.45, 7) is 8.23. The van der Waals surface area contributed by atoms with Crippen LogP contribution in [-0.2, 0) is 4.79 Å². The van der Waals surface area contributed by atoms with Crippen molar-refractivity contribution in [1.82, 2.24) is 0 Å². The van der Waals surface area contributed by atoms with Crippen LogP contribution in [0.3, 0.4) is 0 Å². The minimum atomic E-state index is 0.484. The molecular formula is C9H12O. The zero-order valence-electron chi connectivity index (χ0n) is 6.42. The molecule has 0 bridgehead atoms. The average molecular weight is 136 g/mol. The van der Waals surface area contributed by atoms with Crippen LogP contribution in [-0.4, -0.2) is 6.29 Å². The zero-order chi connectivity index (χ0) is 7.52. The first kappa shape index (κ1) is 6.14. The van der Waals surface area contributed by atoms with Gasteiger partial charge in [0.1, 0.15) is 6.29 Å². The molecule has 0 N–H and O–H groups in total. The maximum atomic E-state index is 10.3. The molecule has 0 aromatic carbocycles. The van der Waals surface area contributed by atoms with Crippen LogP contribution in [0.2, 0.25) is 0 Å². The van der Waals surface area contributed by atoms with E-state index in [1.165, 1.54) is 0 Å². The average Bonchev–Trinajstić information content (AvgIpc) is 2.70. The van der Waals surface area contributed by atoms with Gasteiger partial charge in [0.15, 0.2) is 0 Å². The molecule has 0 spiro atoms. The highest BCUT2D eigenvalue weighted by atomic mass is 16.1. The Morgan fingerprint density at radius 1 is 1.70 bits per heavy atom. The molecule has 0 heterocycles. The van der Waals surface area contributed by atoms with Crippen molar-refractivity contribution in [3.05, 3.63) is 12.2 Å². The molecule has 0 saturated heterocycles. The molecule has 0 aliphatic heterocycles. The van der Waals surface area contributed by atoms with E-state index in [9.17, 15) is 4.79 Å². The number of hydrogen-bond acceptors (Lipinski definition) is 1. The summed E-state index contributed by atoms with van der Waals surface area (Å²) in [6, 6.07) is 0. The fourth-order valence-electron chi connectivity index (χ4n) is 2.52.